The molecule has 164 valence electrons. The van der Waals surface area contributed by atoms with Crippen molar-refractivity contribution in [2.45, 2.75) is 18.9 Å². The molecular formula is C26H21Cl2N5. The molecule has 0 atom stereocenters. The number of aromatic nitrogens is 4. The van der Waals surface area contributed by atoms with E-state index in [-0.39, 0.29) is 6.04 Å². The quantitative estimate of drug-likeness (QED) is 0.322. The average molecular weight is 474 g/mol. The van der Waals surface area contributed by atoms with Crippen molar-refractivity contribution in [3.63, 3.8) is 0 Å². The van der Waals surface area contributed by atoms with E-state index in [1.165, 1.54) is 10.8 Å². The van der Waals surface area contributed by atoms with Gasteiger partial charge in [0.05, 0.1) is 15.6 Å². The van der Waals surface area contributed by atoms with Crippen molar-refractivity contribution in [3.05, 3.63) is 77.2 Å². The van der Waals surface area contributed by atoms with Gasteiger partial charge in [-0.3, -0.25) is 4.98 Å². The van der Waals surface area contributed by atoms with Crippen molar-refractivity contribution in [2.24, 2.45) is 0 Å². The van der Waals surface area contributed by atoms with Crippen LogP contribution in [-0.4, -0.2) is 32.6 Å². The minimum Gasteiger partial charge on any atom is -0.317 e. The normalized spacial score (nSPS) is 14.8. The lowest BCUT2D eigenvalue weighted by atomic mass is 10.0. The summed E-state index contributed by atoms with van der Waals surface area (Å²) in [5.41, 5.74) is 4.53. The summed E-state index contributed by atoms with van der Waals surface area (Å²) >= 11 is 13.1. The standard InChI is InChI=1S/C26H21Cl2N5/c27-21-14-30-15-22(28)24(21)26-32-23-12-19(18-6-5-16-3-1-2-4-17(16)11-18)13-31-25(23)33(26)20-7-9-29-10-8-20/h1-6,11-15,20,29H,7-10H2. The second-order valence-electron chi connectivity index (χ2n) is 8.39. The van der Waals surface area contributed by atoms with Gasteiger partial charge in [0.15, 0.2) is 5.65 Å². The number of hydrogen-bond acceptors (Lipinski definition) is 4. The number of fused-ring (bicyclic) bond motifs is 2. The fraction of sp³-hybridized carbons (Fsp3) is 0.192. The highest BCUT2D eigenvalue weighted by Crippen LogP contribution is 2.38. The van der Waals surface area contributed by atoms with Gasteiger partial charge in [0, 0.05) is 30.2 Å². The van der Waals surface area contributed by atoms with Gasteiger partial charge in [-0.25, -0.2) is 9.97 Å². The zero-order valence-corrected chi connectivity index (χ0v) is 19.3. The first kappa shape index (κ1) is 20.6. The first-order chi connectivity index (χ1) is 16.2. The van der Waals surface area contributed by atoms with Gasteiger partial charge in [-0.1, -0.05) is 59.6 Å². The van der Waals surface area contributed by atoms with E-state index >= 15 is 0 Å². The molecule has 1 aliphatic rings. The van der Waals surface area contributed by atoms with E-state index < -0.39 is 0 Å². The molecule has 1 aliphatic heterocycles. The van der Waals surface area contributed by atoms with Gasteiger partial charge in [-0.15, -0.1) is 0 Å². The second-order valence-corrected chi connectivity index (χ2v) is 9.21. The molecule has 7 heteroatoms. The largest absolute Gasteiger partial charge is 0.317 e. The lowest BCUT2D eigenvalue weighted by molar-refractivity contribution is 0.376. The fourth-order valence-electron chi connectivity index (χ4n) is 4.72. The summed E-state index contributed by atoms with van der Waals surface area (Å²) < 4.78 is 2.22. The van der Waals surface area contributed by atoms with E-state index in [0.29, 0.717) is 15.6 Å². The maximum atomic E-state index is 6.55. The summed E-state index contributed by atoms with van der Waals surface area (Å²) in [7, 11) is 0. The molecule has 1 N–H and O–H groups in total. The van der Waals surface area contributed by atoms with Gasteiger partial charge < -0.3 is 9.88 Å². The third kappa shape index (κ3) is 3.66. The SMILES string of the molecule is Clc1cncc(Cl)c1-c1nc2cc(-c3ccc4ccccc4c3)cnc2n1C1CCNCC1. The van der Waals surface area contributed by atoms with Crippen LogP contribution in [0.2, 0.25) is 10.0 Å². The molecule has 0 radical (unpaired) electrons. The Hall–Kier alpha value is -2.99. The summed E-state index contributed by atoms with van der Waals surface area (Å²) in [4.78, 5) is 14.0. The van der Waals surface area contributed by atoms with Gasteiger partial charge in [-0.05, 0) is 54.4 Å². The highest BCUT2D eigenvalue weighted by Gasteiger charge is 2.25. The Morgan fingerprint density at radius 2 is 1.61 bits per heavy atom. The van der Waals surface area contributed by atoms with Crippen molar-refractivity contribution >= 4 is 45.1 Å². The van der Waals surface area contributed by atoms with Crippen LogP contribution in [0.4, 0.5) is 0 Å². The Kier molecular flexibility index (Phi) is 5.25. The molecule has 4 heterocycles. The summed E-state index contributed by atoms with van der Waals surface area (Å²) in [6.45, 7) is 1.91. The number of hydrogen-bond donors (Lipinski definition) is 1. The van der Waals surface area contributed by atoms with Crippen LogP contribution in [0.1, 0.15) is 18.9 Å². The maximum absolute atomic E-state index is 6.55. The molecule has 6 rings (SSSR count). The molecule has 1 saturated heterocycles. The number of nitrogens with one attached hydrogen (secondary N) is 1. The molecule has 3 aromatic heterocycles. The van der Waals surface area contributed by atoms with E-state index in [0.717, 1.165) is 54.0 Å². The van der Waals surface area contributed by atoms with Crippen molar-refractivity contribution in [1.82, 2.24) is 24.8 Å². The number of piperidine rings is 1. The second kappa shape index (κ2) is 8.41. The maximum Gasteiger partial charge on any atom is 0.160 e. The van der Waals surface area contributed by atoms with Crippen LogP contribution in [0.15, 0.2) is 67.1 Å². The van der Waals surface area contributed by atoms with Gasteiger partial charge in [0.2, 0.25) is 0 Å². The first-order valence-electron chi connectivity index (χ1n) is 11.1. The molecular weight excluding hydrogens is 453 g/mol. The Labute approximate surface area is 201 Å². The van der Waals surface area contributed by atoms with Crippen molar-refractivity contribution in [1.29, 1.82) is 0 Å². The van der Waals surface area contributed by atoms with Crippen LogP contribution >= 0.6 is 23.2 Å². The molecule has 2 aromatic carbocycles. The molecule has 33 heavy (non-hydrogen) atoms. The molecule has 0 bridgehead atoms. The van der Waals surface area contributed by atoms with Crippen LogP contribution in [0, 0.1) is 0 Å². The monoisotopic (exact) mass is 473 g/mol. The van der Waals surface area contributed by atoms with E-state index in [1.807, 2.05) is 6.20 Å². The zero-order valence-electron chi connectivity index (χ0n) is 17.8. The molecule has 1 fully saturated rings. The highest BCUT2D eigenvalue weighted by molar-refractivity contribution is 6.38. The number of imidazole rings is 1. The highest BCUT2D eigenvalue weighted by atomic mass is 35.5. The van der Waals surface area contributed by atoms with Crippen molar-refractivity contribution in [2.75, 3.05) is 13.1 Å². The van der Waals surface area contributed by atoms with E-state index in [9.17, 15) is 0 Å². The number of benzene rings is 2. The van der Waals surface area contributed by atoms with Gasteiger partial charge in [-0.2, -0.15) is 0 Å². The topological polar surface area (TPSA) is 55.6 Å². The van der Waals surface area contributed by atoms with Gasteiger partial charge in [0.1, 0.15) is 11.3 Å². The van der Waals surface area contributed by atoms with E-state index in [4.69, 9.17) is 33.2 Å². The molecule has 5 aromatic rings. The predicted molar refractivity (Wildman–Crippen MR) is 135 cm³/mol. The third-order valence-corrected chi connectivity index (χ3v) is 6.94. The van der Waals surface area contributed by atoms with Crippen molar-refractivity contribution in [3.8, 4) is 22.5 Å². The number of pyridine rings is 2. The minimum atomic E-state index is 0.269. The average Bonchev–Trinajstić information content (AvgIpc) is 3.22. The van der Waals surface area contributed by atoms with Crippen LogP contribution in [0.3, 0.4) is 0 Å². The molecule has 0 amide bonds. The molecule has 0 saturated carbocycles. The van der Waals surface area contributed by atoms with Gasteiger partial charge >= 0.3 is 0 Å². The Bertz CT molecular complexity index is 1470. The van der Waals surface area contributed by atoms with Crippen LogP contribution in [-0.2, 0) is 0 Å². The molecule has 0 unspecified atom stereocenters. The van der Waals surface area contributed by atoms with E-state index in [2.05, 4.69) is 63.4 Å². The minimum absolute atomic E-state index is 0.269. The lowest BCUT2D eigenvalue weighted by Gasteiger charge is -2.26. The first-order valence-corrected chi connectivity index (χ1v) is 11.8. The van der Waals surface area contributed by atoms with Crippen LogP contribution in [0.25, 0.3) is 44.5 Å². The Balaban J connectivity index is 1.55. The summed E-state index contributed by atoms with van der Waals surface area (Å²) in [5, 5.41) is 6.83. The van der Waals surface area contributed by atoms with Gasteiger partial charge in [0.25, 0.3) is 0 Å². The smallest absolute Gasteiger partial charge is 0.160 e. The molecule has 0 aliphatic carbocycles. The summed E-state index contributed by atoms with van der Waals surface area (Å²) in [6.07, 6.45) is 7.15. The number of halogens is 2. The summed E-state index contributed by atoms with van der Waals surface area (Å²) in [6, 6.07) is 17.2. The van der Waals surface area contributed by atoms with E-state index in [1.54, 1.807) is 12.4 Å². The van der Waals surface area contributed by atoms with Crippen LogP contribution in [0.5, 0.6) is 0 Å². The van der Waals surface area contributed by atoms with Crippen LogP contribution < -0.4 is 5.32 Å². The fourth-order valence-corrected chi connectivity index (χ4v) is 5.25. The molecule has 5 nitrogen and oxygen atoms in total. The summed E-state index contributed by atoms with van der Waals surface area (Å²) in [5.74, 6) is 0.748. The lowest BCUT2D eigenvalue weighted by Crippen LogP contribution is -2.29. The Morgan fingerprint density at radius 3 is 2.39 bits per heavy atom. The Morgan fingerprint density at radius 1 is 0.848 bits per heavy atom. The predicted octanol–water partition coefficient (Wildman–Crippen LogP) is 6.54. The number of nitrogens with zero attached hydrogens (tertiary/aromatic N) is 4. The zero-order chi connectivity index (χ0) is 22.4. The third-order valence-electron chi connectivity index (χ3n) is 6.36. The van der Waals surface area contributed by atoms with Crippen molar-refractivity contribution < 1.29 is 0 Å². The number of rotatable bonds is 3. The molecule has 0 spiro atoms.